The van der Waals surface area contributed by atoms with E-state index in [2.05, 4.69) is 19.8 Å². The second-order valence-corrected chi connectivity index (χ2v) is 5.83. The molecule has 1 saturated heterocycles. The number of hydrogen-bond acceptors (Lipinski definition) is 2. The smallest absolute Gasteiger partial charge is 0.0717 e. The van der Waals surface area contributed by atoms with Crippen molar-refractivity contribution in [2.45, 2.75) is 38.9 Å². The lowest BCUT2D eigenvalue weighted by Gasteiger charge is -2.34. The number of ether oxygens (including phenoxy) is 2. The molecule has 2 heteroatoms. The largest absolute Gasteiger partial charge is 0.376 e. The molecule has 2 nitrogen and oxygen atoms in total. The molecule has 1 unspecified atom stereocenters. The van der Waals surface area contributed by atoms with Crippen LogP contribution in [-0.2, 0) is 16.1 Å². The predicted molar refractivity (Wildman–Crippen MR) is 76.8 cm³/mol. The Labute approximate surface area is 116 Å². The van der Waals surface area contributed by atoms with Gasteiger partial charge in [0.25, 0.3) is 0 Å². The Balaban J connectivity index is 1.70. The summed E-state index contributed by atoms with van der Waals surface area (Å²) in [4.78, 5) is 0. The average Bonchev–Trinajstić information content (AvgIpc) is 2.41. The molecule has 1 aromatic rings. The Morgan fingerprint density at radius 3 is 2.68 bits per heavy atom. The molecule has 0 aromatic heterocycles. The maximum Gasteiger partial charge on any atom is 0.0717 e. The number of terminal acetylenes is 1. The Bertz CT molecular complexity index is 429. The second-order valence-electron chi connectivity index (χ2n) is 5.83. The first-order valence-corrected chi connectivity index (χ1v) is 6.86. The standard InChI is InChI=1S/C17H22O2/c1-4-14-5-7-15(8-6-14)11-18-12-16-9-10-17(2,3)19-13-16/h1,5-8,16H,9-13H2,2-3H3. The third-order valence-electron chi connectivity index (χ3n) is 3.61. The molecule has 1 aliphatic rings. The SMILES string of the molecule is C#Cc1ccc(COCC2CCC(C)(C)OC2)cc1. The van der Waals surface area contributed by atoms with E-state index in [1.54, 1.807) is 0 Å². The van der Waals surface area contributed by atoms with Gasteiger partial charge in [0.15, 0.2) is 0 Å². The molecule has 19 heavy (non-hydrogen) atoms. The fraction of sp³-hybridized carbons (Fsp3) is 0.529. The minimum absolute atomic E-state index is 0.0432. The monoisotopic (exact) mass is 258 g/mol. The van der Waals surface area contributed by atoms with Gasteiger partial charge in [-0.25, -0.2) is 0 Å². The van der Waals surface area contributed by atoms with Crippen LogP contribution in [0.2, 0.25) is 0 Å². The molecule has 0 saturated carbocycles. The van der Waals surface area contributed by atoms with Crippen molar-refractivity contribution in [1.82, 2.24) is 0 Å². The van der Waals surface area contributed by atoms with E-state index in [1.807, 2.05) is 24.3 Å². The summed E-state index contributed by atoms with van der Waals surface area (Å²) in [6, 6.07) is 7.95. The molecule has 0 radical (unpaired) electrons. The molecule has 0 spiro atoms. The third-order valence-corrected chi connectivity index (χ3v) is 3.61. The third kappa shape index (κ3) is 4.38. The van der Waals surface area contributed by atoms with Gasteiger partial charge in [-0.05, 0) is 44.4 Å². The zero-order valence-electron chi connectivity index (χ0n) is 11.8. The molecule has 0 bridgehead atoms. The van der Waals surface area contributed by atoms with E-state index in [0.29, 0.717) is 12.5 Å². The number of benzene rings is 1. The summed E-state index contributed by atoms with van der Waals surface area (Å²) in [5.74, 6) is 3.14. The second kappa shape index (κ2) is 6.23. The van der Waals surface area contributed by atoms with E-state index in [1.165, 1.54) is 6.42 Å². The number of rotatable bonds is 4. The summed E-state index contributed by atoms with van der Waals surface area (Å²) in [5.41, 5.74) is 2.12. The van der Waals surface area contributed by atoms with Crippen LogP contribution in [0.3, 0.4) is 0 Å². The van der Waals surface area contributed by atoms with E-state index in [9.17, 15) is 0 Å². The molecule has 102 valence electrons. The van der Waals surface area contributed by atoms with Crippen LogP contribution in [0, 0.1) is 18.3 Å². The maximum atomic E-state index is 5.81. The Morgan fingerprint density at radius 2 is 2.11 bits per heavy atom. The molecule has 0 amide bonds. The summed E-state index contributed by atoms with van der Waals surface area (Å²) in [5, 5.41) is 0. The van der Waals surface area contributed by atoms with Gasteiger partial charge in [-0.15, -0.1) is 6.42 Å². The Kier molecular flexibility index (Phi) is 4.63. The first-order chi connectivity index (χ1) is 9.09. The van der Waals surface area contributed by atoms with Crippen LogP contribution >= 0.6 is 0 Å². The molecule has 0 aliphatic carbocycles. The van der Waals surface area contributed by atoms with Crippen molar-refractivity contribution in [1.29, 1.82) is 0 Å². The average molecular weight is 258 g/mol. The van der Waals surface area contributed by atoms with Crippen molar-refractivity contribution >= 4 is 0 Å². The zero-order chi connectivity index (χ0) is 13.7. The molecule has 0 N–H and O–H groups in total. The van der Waals surface area contributed by atoms with Gasteiger partial charge in [0.2, 0.25) is 0 Å². The van der Waals surface area contributed by atoms with Gasteiger partial charge in [0.1, 0.15) is 0 Å². The van der Waals surface area contributed by atoms with Gasteiger partial charge in [-0.1, -0.05) is 18.1 Å². The van der Waals surface area contributed by atoms with Crippen molar-refractivity contribution < 1.29 is 9.47 Å². The topological polar surface area (TPSA) is 18.5 Å². The van der Waals surface area contributed by atoms with Crippen LogP contribution in [0.15, 0.2) is 24.3 Å². The van der Waals surface area contributed by atoms with Crippen LogP contribution in [0.1, 0.15) is 37.8 Å². The summed E-state index contributed by atoms with van der Waals surface area (Å²) in [6.07, 6.45) is 7.62. The van der Waals surface area contributed by atoms with Gasteiger partial charge in [0, 0.05) is 11.5 Å². The van der Waals surface area contributed by atoms with Crippen LogP contribution in [0.4, 0.5) is 0 Å². The predicted octanol–water partition coefficient (Wildman–Crippen LogP) is 3.39. The Hall–Kier alpha value is -1.30. The lowest BCUT2D eigenvalue weighted by atomic mass is 9.92. The van der Waals surface area contributed by atoms with E-state index in [0.717, 1.165) is 30.8 Å². The minimum Gasteiger partial charge on any atom is -0.376 e. The molecule has 2 rings (SSSR count). The summed E-state index contributed by atoms with van der Waals surface area (Å²) in [7, 11) is 0. The van der Waals surface area contributed by atoms with Crippen molar-refractivity contribution in [3.8, 4) is 12.3 Å². The Morgan fingerprint density at radius 1 is 1.37 bits per heavy atom. The zero-order valence-corrected chi connectivity index (χ0v) is 11.8. The first-order valence-electron chi connectivity index (χ1n) is 6.86. The molecular weight excluding hydrogens is 236 g/mol. The van der Waals surface area contributed by atoms with Gasteiger partial charge in [-0.2, -0.15) is 0 Å². The summed E-state index contributed by atoms with van der Waals surface area (Å²) in [6.45, 7) is 6.52. The molecule has 1 aliphatic heterocycles. The van der Waals surface area contributed by atoms with E-state index < -0.39 is 0 Å². The highest BCUT2D eigenvalue weighted by Crippen LogP contribution is 2.27. The first kappa shape index (κ1) is 14.1. The van der Waals surface area contributed by atoms with Gasteiger partial charge < -0.3 is 9.47 Å². The van der Waals surface area contributed by atoms with Crippen LogP contribution in [0.5, 0.6) is 0 Å². The van der Waals surface area contributed by atoms with E-state index >= 15 is 0 Å². The van der Waals surface area contributed by atoms with Gasteiger partial charge in [0.05, 0.1) is 25.4 Å². The van der Waals surface area contributed by atoms with Crippen molar-refractivity contribution in [3.63, 3.8) is 0 Å². The van der Waals surface area contributed by atoms with E-state index in [-0.39, 0.29) is 5.60 Å². The van der Waals surface area contributed by atoms with Crippen LogP contribution < -0.4 is 0 Å². The van der Waals surface area contributed by atoms with Gasteiger partial charge >= 0.3 is 0 Å². The minimum atomic E-state index is 0.0432. The summed E-state index contributed by atoms with van der Waals surface area (Å²) < 4.78 is 11.6. The quantitative estimate of drug-likeness (QED) is 0.771. The fourth-order valence-electron chi connectivity index (χ4n) is 2.22. The van der Waals surface area contributed by atoms with Gasteiger partial charge in [-0.3, -0.25) is 0 Å². The maximum absolute atomic E-state index is 5.81. The highest BCUT2D eigenvalue weighted by atomic mass is 16.5. The van der Waals surface area contributed by atoms with Crippen LogP contribution in [-0.4, -0.2) is 18.8 Å². The molecule has 1 fully saturated rings. The van der Waals surface area contributed by atoms with Crippen molar-refractivity contribution in [2.75, 3.05) is 13.2 Å². The molecule has 1 atom stereocenters. The molecular formula is C17H22O2. The highest BCUT2D eigenvalue weighted by Gasteiger charge is 2.27. The van der Waals surface area contributed by atoms with Crippen LogP contribution in [0.25, 0.3) is 0 Å². The number of hydrogen-bond donors (Lipinski definition) is 0. The lowest BCUT2D eigenvalue weighted by Crippen LogP contribution is -2.35. The van der Waals surface area contributed by atoms with E-state index in [4.69, 9.17) is 15.9 Å². The summed E-state index contributed by atoms with van der Waals surface area (Å²) >= 11 is 0. The van der Waals surface area contributed by atoms with Crippen molar-refractivity contribution in [3.05, 3.63) is 35.4 Å². The molecule has 1 aromatic carbocycles. The fourth-order valence-corrected chi connectivity index (χ4v) is 2.22. The highest BCUT2D eigenvalue weighted by molar-refractivity contribution is 5.33. The molecule has 1 heterocycles. The lowest BCUT2D eigenvalue weighted by molar-refractivity contribution is -0.0929. The normalized spacial score (nSPS) is 21.8. The van der Waals surface area contributed by atoms with Crippen molar-refractivity contribution in [2.24, 2.45) is 5.92 Å².